The molecule has 1 aliphatic rings. The summed E-state index contributed by atoms with van der Waals surface area (Å²) in [5, 5.41) is 0. The van der Waals surface area contributed by atoms with E-state index in [2.05, 4.69) is 17.1 Å². The number of para-hydroxylation sites is 1. The minimum atomic E-state index is 0.0856. The summed E-state index contributed by atoms with van der Waals surface area (Å²) >= 11 is 5.33. The summed E-state index contributed by atoms with van der Waals surface area (Å²) in [6.07, 6.45) is 1.90. The van der Waals surface area contributed by atoms with E-state index in [0.29, 0.717) is 0 Å². The van der Waals surface area contributed by atoms with Crippen LogP contribution in [0.4, 0.5) is 5.69 Å². The number of fused-ring (bicyclic) bond motifs is 1. The van der Waals surface area contributed by atoms with Gasteiger partial charge in [-0.3, -0.25) is 4.99 Å². The molecule has 72 valence electrons. The molecule has 3 heteroatoms. The summed E-state index contributed by atoms with van der Waals surface area (Å²) in [6, 6.07) is 8.23. The van der Waals surface area contributed by atoms with Crippen molar-refractivity contribution in [1.82, 2.24) is 0 Å². The minimum Gasteiger partial charge on any atom is -0.337 e. The summed E-state index contributed by atoms with van der Waals surface area (Å²) in [5.74, 6) is 0. The van der Waals surface area contributed by atoms with Gasteiger partial charge in [0.25, 0.3) is 0 Å². The molecule has 0 amide bonds. The average Bonchev–Trinajstić information content (AvgIpc) is 2.32. The second kappa shape index (κ2) is 3.50. The van der Waals surface area contributed by atoms with Gasteiger partial charge in [0.15, 0.2) is 0 Å². The highest BCUT2D eigenvalue weighted by atomic mass is 32.1. The predicted molar refractivity (Wildman–Crippen MR) is 64.5 cm³/mol. The van der Waals surface area contributed by atoms with Crippen molar-refractivity contribution in [3.8, 4) is 0 Å². The molecule has 0 radical (unpaired) electrons. The van der Waals surface area contributed by atoms with E-state index in [-0.39, 0.29) is 6.04 Å². The Morgan fingerprint density at radius 3 is 2.86 bits per heavy atom. The van der Waals surface area contributed by atoms with Gasteiger partial charge in [0.2, 0.25) is 0 Å². The number of nitrogens with zero attached hydrogens (tertiary/aromatic N) is 2. The average molecular weight is 204 g/mol. The molecule has 0 aromatic heterocycles. The van der Waals surface area contributed by atoms with Gasteiger partial charge in [0.1, 0.15) is 4.99 Å². The Morgan fingerprint density at radius 2 is 2.07 bits per heavy atom. The van der Waals surface area contributed by atoms with Crippen molar-refractivity contribution < 1.29 is 0 Å². The molecule has 0 bridgehead atoms. The highest BCUT2D eigenvalue weighted by molar-refractivity contribution is 7.80. The molecule has 0 fully saturated rings. The lowest BCUT2D eigenvalue weighted by Gasteiger charge is -2.21. The van der Waals surface area contributed by atoms with Crippen LogP contribution in [0.5, 0.6) is 0 Å². The van der Waals surface area contributed by atoms with Crippen LogP contribution in [0.25, 0.3) is 0 Å². The van der Waals surface area contributed by atoms with E-state index < -0.39 is 0 Å². The van der Waals surface area contributed by atoms with E-state index in [1.54, 1.807) is 0 Å². The van der Waals surface area contributed by atoms with Gasteiger partial charge in [0.05, 0.1) is 11.7 Å². The molecule has 1 aromatic carbocycles. The monoisotopic (exact) mass is 204 g/mol. The highest BCUT2D eigenvalue weighted by Gasteiger charge is 2.17. The van der Waals surface area contributed by atoms with E-state index in [1.807, 2.05) is 37.2 Å². The fraction of sp³-hybridized carbons (Fsp3) is 0.273. The third-order valence-corrected chi connectivity index (χ3v) is 3.04. The van der Waals surface area contributed by atoms with Crippen LogP contribution >= 0.6 is 12.2 Å². The minimum absolute atomic E-state index is 0.0856. The van der Waals surface area contributed by atoms with Gasteiger partial charge >= 0.3 is 0 Å². The predicted octanol–water partition coefficient (Wildman–Crippen LogP) is 2.27. The maximum absolute atomic E-state index is 5.33. The van der Waals surface area contributed by atoms with Crippen molar-refractivity contribution in [3.63, 3.8) is 0 Å². The van der Waals surface area contributed by atoms with Crippen molar-refractivity contribution in [2.45, 2.75) is 13.0 Å². The molecule has 0 spiro atoms. The van der Waals surface area contributed by atoms with Crippen LogP contribution in [0.15, 0.2) is 29.3 Å². The van der Waals surface area contributed by atoms with Gasteiger partial charge < -0.3 is 4.90 Å². The van der Waals surface area contributed by atoms with E-state index in [0.717, 1.165) is 16.2 Å². The molecule has 2 nitrogen and oxygen atoms in total. The van der Waals surface area contributed by atoms with E-state index >= 15 is 0 Å². The normalized spacial score (nSPS) is 20.6. The third kappa shape index (κ3) is 1.44. The summed E-state index contributed by atoms with van der Waals surface area (Å²) in [4.78, 5) is 7.29. The van der Waals surface area contributed by atoms with E-state index in [1.165, 1.54) is 0 Å². The van der Waals surface area contributed by atoms with Gasteiger partial charge in [-0.2, -0.15) is 0 Å². The van der Waals surface area contributed by atoms with Gasteiger partial charge in [-0.05, 0) is 13.0 Å². The lowest BCUT2D eigenvalue weighted by molar-refractivity contribution is 0.976. The Kier molecular flexibility index (Phi) is 2.33. The second-order valence-corrected chi connectivity index (χ2v) is 3.83. The van der Waals surface area contributed by atoms with E-state index in [9.17, 15) is 0 Å². The van der Waals surface area contributed by atoms with Crippen LogP contribution in [0.2, 0.25) is 0 Å². The Labute approximate surface area is 89.3 Å². The number of benzodiazepines with no additional fused rings is 1. The maximum atomic E-state index is 5.33. The van der Waals surface area contributed by atoms with Gasteiger partial charge in [-0.1, -0.05) is 30.4 Å². The van der Waals surface area contributed by atoms with Crippen LogP contribution in [0.3, 0.4) is 0 Å². The van der Waals surface area contributed by atoms with Crippen LogP contribution in [-0.4, -0.2) is 24.3 Å². The Balaban J connectivity index is 2.54. The van der Waals surface area contributed by atoms with Crippen LogP contribution in [0, 0.1) is 0 Å². The Morgan fingerprint density at radius 1 is 1.36 bits per heavy atom. The molecule has 0 saturated heterocycles. The number of rotatable bonds is 0. The molecule has 0 N–H and O–H groups in total. The Bertz CT molecular complexity index is 398. The topological polar surface area (TPSA) is 15.6 Å². The smallest absolute Gasteiger partial charge is 0.107 e. The first-order valence-corrected chi connectivity index (χ1v) is 5.01. The fourth-order valence-corrected chi connectivity index (χ4v) is 1.72. The van der Waals surface area contributed by atoms with E-state index in [4.69, 9.17) is 12.2 Å². The van der Waals surface area contributed by atoms with Crippen LogP contribution < -0.4 is 4.90 Å². The summed E-state index contributed by atoms with van der Waals surface area (Å²) in [5.41, 5.74) is 2.26. The molecular weight excluding hydrogens is 192 g/mol. The van der Waals surface area contributed by atoms with Crippen LogP contribution in [-0.2, 0) is 0 Å². The molecule has 1 aliphatic heterocycles. The van der Waals surface area contributed by atoms with Crippen molar-refractivity contribution in [1.29, 1.82) is 0 Å². The summed E-state index contributed by atoms with van der Waals surface area (Å²) in [6.45, 7) is 2.02. The fourth-order valence-electron chi connectivity index (χ4n) is 1.56. The zero-order chi connectivity index (χ0) is 10.1. The molecule has 0 saturated carbocycles. The largest absolute Gasteiger partial charge is 0.337 e. The van der Waals surface area contributed by atoms with Crippen molar-refractivity contribution in [2.75, 3.05) is 11.9 Å². The molecule has 0 aliphatic carbocycles. The summed E-state index contributed by atoms with van der Waals surface area (Å²) in [7, 11) is 1.99. The first kappa shape index (κ1) is 9.34. The number of benzene rings is 1. The van der Waals surface area contributed by atoms with Gasteiger partial charge in [0, 0.05) is 18.8 Å². The number of hydrogen-bond donors (Lipinski definition) is 0. The first-order chi connectivity index (χ1) is 6.70. The highest BCUT2D eigenvalue weighted by Crippen LogP contribution is 2.21. The Hall–Kier alpha value is -1.22. The second-order valence-electron chi connectivity index (χ2n) is 3.41. The zero-order valence-electron chi connectivity index (χ0n) is 8.27. The molecule has 1 atom stereocenters. The number of anilines is 1. The lowest BCUT2D eigenvalue weighted by Crippen LogP contribution is -2.31. The van der Waals surface area contributed by atoms with Crippen molar-refractivity contribution >= 4 is 29.1 Å². The maximum Gasteiger partial charge on any atom is 0.107 e. The molecule has 1 aromatic rings. The molecule has 1 heterocycles. The standard InChI is InChI=1S/C11H12N2S/c1-8-11(14)13(2)10-6-4-3-5-9(10)7-12-8/h3-8H,1-2H3. The summed E-state index contributed by atoms with van der Waals surface area (Å²) < 4.78 is 0. The van der Waals surface area contributed by atoms with Crippen molar-refractivity contribution in [2.24, 2.45) is 4.99 Å². The zero-order valence-corrected chi connectivity index (χ0v) is 9.08. The number of hydrogen-bond acceptors (Lipinski definition) is 2. The molecule has 14 heavy (non-hydrogen) atoms. The molecule has 1 unspecified atom stereocenters. The molecule has 2 rings (SSSR count). The number of thiocarbonyl (C=S) groups is 1. The number of likely N-dealkylation sites (N-methyl/N-ethyl adjacent to an activating group) is 1. The van der Waals surface area contributed by atoms with Crippen molar-refractivity contribution in [3.05, 3.63) is 29.8 Å². The SMILES string of the molecule is CC1N=Cc2ccccc2N(C)C1=S. The van der Waals surface area contributed by atoms with Gasteiger partial charge in [-0.15, -0.1) is 0 Å². The number of aliphatic imine (C=N–C) groups is 1. The van der Waals surface area contributed by atoms with Crippen LogP contribution in [0.1, 0.15) is 12.5 Å². The lowest BCUT2D eigenvalue weighted by atomic mass is 10.2. The third-order valence-electron chi connectivity index (χ3n) is 2.42. The van der Waals surface area contributed by atoms with Gasteiger partial charge in [-0.25, -0.2) is 0 Å². The first-order valence-electron chi connectivity index (χ1n) is 4.60. The molecular formula is C11H12N2S. The quantitative estimate of drug-likeness (QED) is 0.602.